The highest BCUT2D eigenvalue weighted by molar-refractivity contribution is 6.31. The Morgan fingerprint density at radius 2 is 2.07 bits per heavy atom. The second-order valence-electron chi connectivity index (χ2n) is 7.15. The summed E-state index contributed by atoms with van der Waals surface area (Å²) in [6.45, 7) is 3.89. The fourth-order valence-electron chi connectivity index (χ4n) is 3.79. The Hall–Kier alpha value is -2.61. The molecule has 7 nitrogen and oxygen atoms in total. The minimum absolute atomic E-state index is 0.222. The van der Waals surface area contributed by atoms with E-state index >= 15 is 0 Å². The highest BCUT2D eigenvalue weighted by Crippen LogP contribution is 2.33. The summed E-state index contributed by atoms with van der Waals surface area (Å²) in [5.74, 6) is 0.451. The first-order valence-electron chi connectivity index (χ1n) is 8.99. The number of halogens is 1. The average Bonchev–Trinajstić information content (AvgIpc) is 3.35. The van der Waals surface area contributed by atoms with E-state index in [0.717, 1.165) is 16.5 Å². The molecule has 1 aliphatic rings. The molecule has 0 bridgehead atoms. The molecule has 1 radical (unpaired) electrons. The van der Waals surface area contributed by atoms with Crippen molar-refractivity contribution in [1.29, 1.82) is 0 Å². The number of aliphatic hydroxyl groups is 2. The van der Waals surface area contributed by atoms with E-state index < -0.39 is 12.2 Å². The summed E-state index contributed by atoms with van der Waals surface area (Å²) in [7, 11) is 0. The quantitative estimate of drug-likeness (QED) is 0.491. The minimum Gasteiger partial charge on any atom is -0.464 e. The number of aliphatic hydroxyl groups excluding tert-OH is 2. The molecule has 5 rings (SSSR count). The van der Waals surface area contributed by atoms with E-state index in [1.54, 1.807) is 29.1 Å². The van der Waals surface area contributed by atoms with Crippen LogP contribution in [0.5, 0.6) is 0 Å². The van der Waals surface area contributed by atoms with Gasteiger partial charge in [0.05, 0.1) is 17.8 Å². The average molecular weight is 398 g/mol. The number of nitrogens with zero attached hydrogens (tertiary/aromatic N) is 3. The molecule has 3 N–H and O–H groups in total. The van der Waals surface area contributed by atoms with Crippen LogP contribution in [0, 0.1) is 12.8 Å². The van der Waals surface area contributed by atoms with Crippen molar-refractivity contribution in [3.63, 3.8) is 0 Å². The number of aromatic nitrogens is 3. The number of benzene rings is 1. The minimum atomic E-state index is -0.888. The lowest BCUT2D eigenvalue weighted by Crippen LogP contribution is -2.35. The number of rotatable bonds is 3. The summed E-state index contributed by atoms with van der Waals surface area (Å²) < 4.78 is 7.29. The summed E-state index contributed by atoms with van der Waals surface area (Å²) in [5, 5.41) is 29.6. The van der Waals surface area contributed by atoms with Gasteiger partial charge in [-0.25, -0.2) is 4.98 Å². The second kappa shape index (κ2) is 6.48. The molecule has 4 aromatic rings. The van der Waals surface area contributed by atoms with Gasteiger partial charge >= 0.3 is 0 Å². The predicted molar refractivity (Wildman–Crippen MR) is 106 cm³/mol. The fraction of sp³-hybridized carbons (Fsp3) is 0.250. The lowest BCUT2D eigenvalue weighted by atomic mass is 10.1. The molecule has 1 aromatic carbocycles. The second-order valence-corrected chi connectivity index (χ2v) is 7.58. The Morgan fingerprint density at radius 1 is 1.21 bits per heavy atom. The molecular weight excluding hydrogens is 380 g/mol. The van der Waals surface area contributed by atoms with Gasteiger partial charge < -0.3 is 19.9 Å². The summed E-state index contributed by atoms with van der Waals surface area (Å²) in [5.41, 5.74) is 2.90. The fourth-order valence-corrected chi connectivity index (χ4v) is 3.96. The smallest absolute Gasteiger partial charge is 0.157 e. The van der Waals surface area contributed by atoms with Crippen LogP contribution in [0.3, 0.4) is 0 Å². The molecule has 1 saturated carbocycles. The summed E-state index contributed by atoms with van der Waals surface area (Å²) >= 11 is 6.13. The molecule has 0 aliphatic heterocycles. The van der Waals surface area contributed by atoms with Crippen molar-refractivity contribution in [2.75, 3.05) is 5.32 Å². The number of hydrogen-bond acceptors (Lipinski definition) is 6. The van der Waals surface area contributed by atoms with Gasteiger partial charge in [-0.3, -0.25) is 0 Å². The zero-order valence-electron chi connectivity index (χ0n) is 14.8. The normalized spacial score (nSPS) is 25.0. The third kappa shape index (κ3) is 2.74. The van der Waals surface area contributed by atoms with Crippen LogP contribution in [-0.4, -0.2) is 43.1 Å². The zero-order chi connectivity index (χ0) is 19.4. The van der Waals surface area contributed by atoms with Crippen molar-refractivity contribution in [3.05, 3.63) is 54.7 Å². The predicted octanol–water partition coefficient (Wildman–Crippen LogP) is 3.15. The molecule has 3 aromatic heterocycles. The topological polar surface area (TPSA) is 95.8 Å². The standard InChI is InChI=1S/C20H18ClN4O3/c1-10-6-15(20(27)19(10)26)23-17-4-5-22-18-8-14(24-25(17)18)13-9-28-16-3-2-11(21)7-12(13)16/h2-5,7-10,15,19-20,23,26-27H,1,6H2/t10-,15-,19-,20+/m1/s1. The Kier molecular flexibility index (Phi) is 4.04. The van der Waals surface area contributed by atoms with Crippen molar-refractivity contribution >= 4 is 34.0 Å². The van der Waals surface area contributed by atoms with Crippen LogP contribution in [0.2, 0.25) is 5.02 Å². The number of fused-ring (bicyclic) bond motifs is 2. The van der Waals surface area contributed by atoms with Crippen molar-refractivity contribution in [2.45, 2.75) is 24.7 Å². The van der Waals surface area contributed by atoms with Crippen LogP contribution in [-0.2, 0) is 0 Å². The summed E-state index contributed by atoms with van der Waals surface area (Å²) in [4.78, 5) is 4.37. The molecule has 28 heavy (non-hydrogen) atoms. The maximum absolute atomic E-state index is 10.2. The lowest BCUT2D eigenvalue weighted by Gasteiger charge is -2.19. The highest BCUT2D eigenvalue weighted by atomic mass is 35.5. The Labute approximate surface area is 165 Å². The van der Waals surface area contributed by atoms with Crippen LogP contribution in [0.15, 0.2) is 47.2 Å². The maximum Gasteiger partial charge on any atom is 0.157 e. The molecule has 143 valence electrons. The Morgan fingerprint density at radius 3 is 2.86 bits per heavy atom. The van der Waals surface area contributed by atoms with E-state index in [1.165, 1.54) is 0 Å². The van der Waals surface area contributed by atoms with Gasteiger partial charge in [-0.1, -0.05) is 11.6 Å². The Bertz CT molecular complexity index is 1170. The van der Waals surface area contributed by atoms with Crippen LogP contribution in [0.4, 0.5) is 5.82 Å². The van der Waals surface area contributed by atoms with E-state index in [2.05, 4.69) is 22.3 Å². The maximum atomic E-state index is 10.2. The number of anilines is 1. The number of hydrogen-bond donors (Lipinski definition) is 3. The SMILES string of the molecule is [CH2][C@@H]1C[C@@H](Nc2ccnc3cc(-c4coc5ccc(Cl)cc45)nn23)[C@H](O)[C@@H]1O. The molecule has 1 aliphatic carbocycles. The van der Waals surface area contributed by atoms with Gasteiger partial charge in [-0.05, 0) is 43.5 Å². The first-order chi connectivity index (χ1) is 13.5. The van der Waals surface area contributed by atoms with Gasteiger partial charge in [0, 0.05) is 28.2 Å². The van der Waals surface area contributed by atoms with E-state index in [0.29, 0.717) is 28.6 Å². The lowest BCUT2D eigenvalue weighted by molar-refractivity contribution is 0.0256. The molecule has 0 unspecified atom stereocenters. The third-order valence-corrected chi connectivity index (χ3v) is 5.54. The first kappa shape index (κ1) is 17.5. The van der Waals surface area contributed by atoms with Gasteiger partial charge in [0.25, 0.3) is 0 Å². The molecule has 0 amide bonds. The Balaban J connectivity index is 1.55. The number of nitrogens with one attached hydrogen (secondary N) is 1. The van der Waals surface area contributed by atoms with Gasteiger partial charge in [-0.15, -0.1) is 0 Å². The molecule has 0 spiro atoms. The molecule has 0 saturated heterocycles. The van der Waals surface area contributed by atoms with Crippen molar-refractivity contribution < 1.29 is 14.6 Å². The van der Waals surface area contributed by atoms with Gasteiger partial charge in [-0.2, -0.15) is 9.61 Å². The monoisotopic (exact) mass is 397 g/mol. The van der Waals surface area contributed by atoms with E-state index in [9.17, 15) is 10.2 Å². The van der Waals surface area contributed by atoms with E-state index in [-0.39, 0.29) is 12.0 Å². The van der Waals surface area contributed by atoms with Gasteiger partial charge in [0.1, 0.15) is 23.8 Å². The highest BCUT2D eigenvalue weighted by Gasteiger charge is 2.39. The van der Waals surface area contributed by atoms with E-state index in [1.807, 2.05) is 18.2 Å². The molecule has 1 fully saturated rings. The number of furan rings is 1. The van der Waals surface area contributed by atoms with Crippen molar-refractivity contribution in [2.24, 2.45) is 5.92 Å². The summed E-state index contributed by atoms with van der Waals surface area (Å²) in [6, 6.07) is 8.77. The van der Waals surface area contributed by atoms with E-state index in [4.69, 9.17) is 16.0 Å². The van der Waals surface area contributed by atoms with Crippen LogP contribution in [0.1, 0.15) is 6.42 Å². The van der Waals surface area contributed by atoms with Gasteiger partial charge in [0.15, 0.2) is 5.65 Å². The zero-order valence-corrected chi connectivity index (χ0v) is 15.5. The molecule has 3 heterocycles. The molecule has 4 atom stereocenters. The van der Waals surface area contributed by atoms with Crippen LogP contribution in [0.25, 0.3) is 27.9 Å². The van der Waals surface area contributed by atoms with Crippen molar-refractivity contribution in [3.8, 4) is 11.3 Å². The summed E-state index contributed by atoms with van der Waals surface area (Å²) in [6.07, 6.45) is 2.16. The van der Waals surface area contributed by atoms with Crippen LogP contribution >= 0.6 is 11.6 Å². The third-order valence-electron chi connectivity index (χ3n) is 5.30. The largest absolute Gasteiger partial charge is 0.464 e. The molecule has 8 heteroatoms. The molecular formula is C20H18ClN4O3. The van der Waals surface area contributed by atoms with Crippen LogP contribution < -0.4 is 5.32 Å². The van der Waals surface area contributed by atoms with Crippen molar-refractivity contribution in [1.82, 2.24) is 14.6 Å². The first-order valence-corrected chi connectivity index (χ1v) is 9.37. The van der Waals surface area contributed by atoms with Gasteiger partial charge in [0.2, 0.25) is 0 Å².